The van der Waals surface area contributed by atoms with Gasteiger partial charge in [0.25, 0.3) is 0 Å². The number of hydrogen-bond acceptors (Lipinski definition) is 4. The van der Waals surface area contributed by atoms with Gasteiger partial charge in [0.15, 0.2) is 0 Å². The van der Waals surface area contributed by atoms with Gasteiger partial charge in [0.2, 0.25) is 5.91 Å². The minimum atomic E-state index is 0.00266. The molecule has 1 heterocycles. The molecule has 2 rings (SSSR count). The number of aryl methyl sites for hydroxylation is 1. The highest BCUT2D eigenvalue weighted by Crippen LogP contribution is 2.20. The van der Waals surface area contributed by atoms with Crippen LogP contribution in [-0.2, 0) is 11.3 Å². The van der Waals surface area contributed by atoms with Crippen LogP contribution in [0.5, 0.6) is 0 Å². The third-order valence-electron chi connectivity index (χ3n) is 3.08. The van der Waals surface area contributed by atoms with Crippen LogP contribution in [0.15, 0.2) is 35.8 Å². The number of carbonyl (C=O) groups is 1. The molecule has 1 amide bonds. The van der Waals surface area contributed by atoms with Crippen molar-refractivity contribution in [3.05, 3.63) is 52.0 Å². The SMILES string of the molecule is Cc1ncsc1C(C)NCC(=O)NCc1ccccc1. The molecule has 0 spiro atoms. The van der Waals surface area contributed by atoms with E-state index in [0.717, 1.165) is 11.3 Å². The van der Waals surface area contributed by atoms with Gasteiger partial charge in [-0.05, 0) is 19.4 Å². The number of nitrogens with one attached hydrogen (secondary N) is 2. The minimum absolute atomic E-state index is 0.00266. The van der Waals surface area contributed by atoms with Gasteiger partial charge in [0.05, 0.1) is 17.7 Å². The molecule has 4 nitrogen and oxygen atoms in total. The summed E-state index contributed by atoms with van der Waals surface area (Å²) in [5, 5.41) is 6.12. The van der Waals surface area contributed by atoms with Crippen LogP contribution in [0.4, 0.5) is 0 Å². The third-order valence-corrected chi connectivity index (χ3v) is 4.19. The van der Waals surface area contributed by atoms with E-state index in [2.05, 4.69) is 15.6 Å². The van der Waals surface area contributed by atoms with Crippen LogP contribution < -0.4 is 10.6 Å². The number of hydrogen-bond donors (Lipinski definition) is 2. The summed E-state index contributed by atoms with van der Waals surface area (Å²) in [6.45, 7) is 4.91. The summed E-state index contributed by atoms with van der Waals surface area (Å²) < 4.78 is 0. The highest BCUT2D eigenvalue weighted by atomic mass is 32.1. The molecule has 0 saturated carbocycles. The maximum absolute atomic E-state index is 11.8. The van der Waals surface area contributed by atoms with E-state index >= 15 is 0 Å². The molecule has 20 heavy (non-hydrogen) atoms. The molecular weight excluding hydrogens is 270 g/mol. The fourth-order valence-electron chi connectivity index (χ4n) is 1.92. The lowest BCUT2D eigenvalue weighted by Gasteiger charge is -2.12. The number of thiazole rings is 1. The van der Waals surface area contributed by atoms with E-state index in [1.807, 2.05) is 49.7 Å². The Balaban J connectivity index is 1.74. The van der Waals surface area contributed by atoms with Crippen LogP contribution in [0.3, 0.4) is 0 Å². The number of carbonyl (C=O) groups excluding carboxylic acids is 1. The van der Waals surface area contributed by atoms with Crippen LogP contribution in [0, 0.1) is 6.92 Å². The van der Waals surface area contributed by atoms with Gasteiger partial charge >= 0.3 is 0 Å². The van der Waals surface area contributed by atoms with E-state index in [1.54, 1.807) is 11.3 Å². The van der Waals surface area contributed by atoms with Gasteiger partial charge in [-0.1, -0.05) is 30.3 Å². The van der Waals surface area contributed by atoms with Crippen molar-refractivity contribution < 1.29 is 4.79 Å². The third kappa shape index (κ3) is 4.15. The Labute approximate surface area is 123 Å². The van der Waals surface area contributed by atoms with E-state index in [4.69, 9.17) is 0 Å². The van der Waals surface area contributed by atoms with Crippen LogP contribution in [0.25, 0.3) is 0 Å². The maximum atomic E-state index is 11.8. The van der Waals surface area contributed by atoms with E-state index in [0.29, 0.717) is 13.1 Å². The number of nitrogens with zero attached hydrogens (tertiary/aromatic N) is 1. The monoisotopic (exact) mass is 289 g/mol. The Bertz CT molecular complexity index is 553. The topological polar surface area (TPSA) is 54.0 Å². The summed E-state index contributed by atoms with van der Waals surface area (Å²) >= 11 is 1.61. The molecular formula is C15H19N3OS. The highest BCUT2D eigenvalue weighted by molar-refractivity contribution is 7.09. The number of aromatic nitrogens is 1. The van der Waals surface area contributed by atoms with Crippen LogP contribution in [0.2, 0.25) is 0 Å². The number of benzene rings is 1. The van der Waals surface area contributed by atoms with Crippen molar-refractivity contribution in [2.24, 2.45) is 0 Å². The summed E-state index contributed by atoms with van der Waals surface area (Å²) in [4.78, 5) is 17.2. The number of rotatable bonds is 6. The normalized spacial score (nSPS) is 12.1. The van der Waals surface area contributed by atoms with Crippen LogP contribution >= 0.6 is 11.3 Å². The average Bonchev–Trinajstić information content (AvgIpc) is 2.90. The molecule has 0 fully saturated rings. The first-order valence-corrected chi connectivity index (χ1v) is 7.49. The molecule has 0 bridgehead atoms. The smallest absolute Gasteiger partial charge is 0.234 e. The molecule has 1 atom stereocenters. The van der Waals surface area contributed by atoms with Crippen molar-refractivity contribution in [1.29, 1.82) is 0 Å². The summed E-state index contributed by atoms with van der Waals surface area (Å²) in [6.07, 6.45) is 0. The first-order chi connectivity index (χ1) is 9.66. The second-order valence-corrected chi connectivity index (χ2v) is 5.55. The van der Waals surface area contributed by atoms with Crippen LogP contribution in [0.1, 0.15) is 29.1 Å². The lowest BCUT2D eigenvalue weighted by molar-refractivity contribution is -0.120. The Morgan fingerprint density at radius 3 is 2.75 bits per heavy atom. The molecule has 2 aromatic rings. The van der Waals surface area contributed by atoms with Crippen molar-refractivity contribution in [1.82, 2.24) is 15.6 Å². The van der Waals surface area contributed by atoms with E-state index in [1.165, 1.54) is 4.88 Å². The Morgan fingerprint density at radius 1 is 1.35 bits per heavy atom. The fourth-order valence-corrected chi connectivity index (χ4v) is 2.76. The lowest BCUT2D eigenvalue weighted by atomic mass is 10.2. The molecule has 0 aliphatic carbocycles. The van der Waals surface area contributed by atoms with Gasteiger partial charge in [0, 0.05) is 17.5 Å². The molecule has 2 N–H and O–H groups in total. The zero-order chi connectivity index (χ0) is 14.4. The molecule has 0 aliphatic heterocycles. The molecule has 5 heteroatoms. The molecule has 0 saturated heterocycles. The zero-order valence-corrected chi connectivity index (χ0v) is 12.5. The van der Waals surface area contributed by atoms with Gasteiger partial charge in [-0.3, -0.25) is 4.79 Å². The average molecular weight is 289 g/mol. The highest BCUT2D eigenvalue weighted by Gasteiger charge is 2.11. The Hall–Kier alpha value is -1.72. The van der Waals surface area contributed by atoms with Gasteiger partial charge < -0.3 is 10.6 Å². The van der Waals surface area contributed by atoms with Crippen molar-refractivity contribution in [2.75, 3.05) is 6.54 Å². The second kappa shape index (κ2) is 7.17. The lowest BCUT2D eigenvalue weighted by Crippen LogP contribution is -2.34. The van der Waals surface area contributed by atoms with Crippen molar-refractivity contribution in [3.8, 4) is 0 Å². The Morgan fingerprint density at radius 2 is 2.10 bits per heavy atom. The fraction of sp³-hybridized carbons (Fsp3) is 0.333. The molecule has 1 aromatic carbocycles. The quantitative estimate of drug-likeness (QED) is 0.858. The maximum Gasteiger partial charge on any atom is 0.234 e. The van der Waals surface area contributed by atoms with Gasteiger partial charge in [-0.25, -0.2) is 4.98 Å². The van der Waals surface area contributed by atoms with E-state index in [9.17, 15) is 4.79 Å². The molecule has 0 radical (unpaired) electrons. The molecule has 1 aromatic heterocycles. The summed E-state index contributed by atoms with van der Waals surface area (Å²) in [5.74, 6) is 0.00266. The predicted molar refractivity (Wildman–Crippen MR) is 81.6 cm³/mol. The predicted octanol–water partition coefficient (Wildman–Crippen LogP) is 2.42. The van der Waals surface area contributed by atoms with Gasteiger partial charge in [0.1, 0.15) is 0 Å². The van der Waals surface area contributed by atoms with Crippen molar-refractivity contribution in [3.63, 3.8) is 0 Å². The van der Waals surface area contributed by atoms with Gasteiger partial charge in [-0.2, -0.15) is 0 Å². The van der Waals surface area contributed by atoms with E-state index < -0.39 is 0 Å². The number of amides is 1. The summed E-state index contributed by atoms with van der Waals surface area (Å²) in [7, 11) is 0. The molecule has 0 aliphatic rings. The summed E-state index contributed by atoms with van der Waals surface area (Å²) in [5.41, 5.74) is 3.96. The molecule has 106 valence electrons. The van der Waals surface area contributed by atoms with Crippen molar-refractivity contribution in [2.45, 2.75) is 26.4 Å². The van der Waals surface area contributed by atoms with E-state index in [-0.39, 0.29) is 11.9 Å². The molecule has 1 unspecified atom stereocenters. The Kier molecular flexibility index (Phi) is 5.26. The zero-order valence-electron chi connectivity index (χ0n) is 11.7. The first kappa shape index (κ1) is 14.7. The van der Waals surface area contributed by atoms with Gasteiger partial charge in [-0.15, -0.1) is 11.3 Å². The van der Waals surface area contributed by atoms with Crippen LogP contribution in [-0.4, -0.2) is 17.4 Å². The minimum Gasteiger partial charge on any atom is -0.351 e. The second-order valence-electron chi connectivity index (χ2n) is 4.67. The summed E-state index contributed by atoms with van der Waals surface area (Å²) in [6, 6.07) is 10.0. The standard InChI is InChI=1S/C15H19N3OS/c1-11(15-12(2)18-10-20-15)16-9-14(19)17-8-13-6-4-3-5-7-13/h3-7,10-11,16H,8-9H2,1-2H3,(H,17,19). The largest absolute Gasteiger partial charge is 0.351 e. The van der Waals surface area contributed by atoms with Crippen molar-refractivity contribution >= 4 is 17.2 Å². The first-order valence-electron chi connectivity index (χ1n) is 6.61.